The van der Waals surface area contributed by atoms with Crippen molar-refractivity contribution in [2.75, 3.05) is 19.6 Å². The molecule has 0 bridgehead atoms. The van der Waals surface area contributed by atoms with Gasteiger partial charge >= 0.3 is 0 Å². The van der Waals surface area contributed by atoms with Gasteiger partial charge in [0, 0.05) is 17.5 Å². The summed E-state index contributed by atoms with van der Waals surface area (Å²) in [7, 11) is 0. The molecule has 3 heterocycles. The molecule has 0 aliphatic carbocycles. The lowest BCUT2D eigenvalue weighted by atomic mass is 10.1. The zero-order chi connectivity index (χ0) is 19.5. The second kappa shape index (κ2) is 8.29. The number of likely N-dealkylation sites (tertiary alicyclic amines) is 1. The van der Waals surface area contributed by atoms with Gasteiger partial charge in [-0.1, -0.05) is 19.1 Å². The van der Waals surface area contributed by atoms with Crippen LogP contribution in [0, 0.1) is 0 Å². The highest BCUT2D eigenvalue weighted by Crippen LogP contribution is 2.28. The van der Waals surface area contributed by atoms with Gasteiger partial charge in [-0.3, -0.25) is 14.5 Å². The second-order valence-electron chi connectivity index (χ2n) is 7.14. The molecule has 0 spiro atoms. The predicted octanol–water partition coefficient (Wildman–Crippen LogP) is 3.98. The summed E-state index contributed by atoms with van der Waals surface area (Å²) in [5, 5.41) is 5.55. The quantitative estimate of drug-likeness (QED) is 0.684. The summed E-state index contributed by atoms with van der Waals surface area (Å²) in [5.41, 5.74) is 1.33. The summed E-state index contributed by atoms with van der Waals surface area (Å²) >= 11 is 1.71. The number of aryl methyl sites for hydroxylation is 1. The van der Waals surface area contributed by atoms with E-state index < -0.39 is 0 Å². The van der Waals surface area contributed by atoms with E-state index in [1.54, 1.807) is 17.4 Å². The largest absolute Gasteiger partial charge is 0.451 e. The Morgan fingerprint density at radius 1 is 1.25 bits per heavy atom. The maximum atomic E-state index is 12.7. The molecule has 4 rings (SSSR count). The molecule has 146 valence electrons. The minimum atomic E-state index is -0.348. The Kier molecular flexibility index (Phi) is 5.59. The topological polar surface area (TPSA) is 62.6 Å². The van der Waals surface area contributed by atoms with Gasteiger partial charge in [0.15, 0.2) is 11.2 Å². The first-order valence-electron chi connectivity index (χ1n) is 9.78. The number of hydrogen-bond donors (Lipinski definition) is 1. The third-order valence-corrected chi connectivity index (χ3v) is 6.31. The van der Waals surface area contributed by atoms with E-state index in [-0.39, 0.29) is 23.1 Å². The Morgan fingerprint density at radius 2 is 2.07 bits per heavy atom. The van der Waals surface area contributed by atoms with Crippen LogP contribution in [0.4, 0.5) is 0 Å². The van der Waals surface area contributed by atoms with Gasteiger partial charge in [-0.05, 0) is 61.5 Å². The summed E-state index contributed by atoms with van der Waals surface area (Å²) in [6.07, 6.45) is 3.22. The van der Waals surface area contributed by atoms with Crippen LogP contribution in [-0.4, -0.2) is 30.4 Å². The number of carbonyl (C=O) groups is 1. The smallest absolute Gasteiger partial charge is 0.287 e. The zero-order valence-corrected chi connectivity index (χ0v) is 16.8. The molecule has 1 amide bonds. The van der Waals surface area contributed by atoms with Gasteiger partial charge in [0.2, 0.25) is 0 Å². The van der Waals surface area contributed by atoms with Crippen LogP contribution in [-0.2, 0) is 6.42 Å². The van der Waals surface area contributed by atoms with E-state index in [0.29, 0.717) is 17.5 Å². The minimum absolute atomic E-state index is 0.0631. The van der Waals surface area contributed by atoms with E-state index in [1.807, 2.05) is 25.1 Å². The standard InChI is InChI=1S/C22H24N2O3S/c1-2-15-7-8-19-16(12-15)18(25)13-20(27-19)22(26)23-14-17(21-6-5-11-28-21)24-9-3-4-10-24/h5-8,11-13,17H,2-4,9-10,14H2,1H3,(H,23,26)/t17-/m1/s1. The van der Waals surface area contributed by atoms with Crippen molar-refractivity contribution in [2.45, 2.75) is 32.2 Å². The number of nitrogens with zero attached hydrogens (tertiary/aromatic N) is 1. The maximum absolute atomic E-state index is 12.7. The molecule has 0 unspecified atom stereocenters. The number of hydrogen-bond acceptors (Lipinski definition) is 5. The summed E-state index contributed by atoms with van der Waals surface area (Å²) in [6.45, 7) is 4.62. The van der Waals surface area contributed by atoms with E-state index >= 15 is 0 Å². The number of thiophene rings is 1. The number of nitrogens with one attached hydrogen (secondary N) is 1. The van der Waals surface area contributed by atoms with Crippen LogP contribution in [0.2, 0.25) is 0 Å². The van der Waals surface area contributed by atoms with Crippen molar-refractivity contribution in [3.05, 3.63) is 68.2 Å². The molecule has 1 atom stereocenters. The number of carbonyl (C=O) groups excluding carboxylic acids is 1. The lowest BCUT2D eigenvalue weighted by molar-refractivity contribution is 0.0911. The van der Waals surface area contributed by atoms with E-state index in [0.717, 1.165) is 25.1 Å². The van der Waals surface area contributed by atoms with Gasteiger partial charge < -0.3 is 9.73 Å². The van der Waals surface area contributed by atoms with Crippen LogP contribution in [0.1, 0.15) is 46.8 Å². The monoisotopic (exact) mass is 396 g/mol. The fourth-order valence-corrected chi connectivity index (χ4v) is 4.62. The third kappa shape index (κ3) is 3.88. The average molecular weight is 397 g/mol. The molecule has 1 aromatic carbocycles. The van der Waals surface area contributed by atoms with Crippen molar-refractivity contribution in [3.63, 3.8) is 0 Å². The zero-order valence-electron chi connectivity index (χ0n) is 15.9. The van der Waals surface area contributed by atoms with Crippen molar-refractivity contribution >= 4 is 28.2 Å². The fourth-order valence-electron chi connectivity index (χ4n) is 3.76. The normalized spacial score (nSPS) is 15.8. The first-order valence-corrected chi connectivity index (χ1v) is 10.7. The molecule has 6 heteroatoms. The summed E-state index contributed by atoms with van der Waals surface area (Å²) < 4.78 is 5.73. The number of benzene rings is 1. The number of amides is 1. The van der Waals surface area contributed by atoms with Gasteiger partial charge in [-0.15, -0.1) is 11.3 Å². The Hall–Kier alpha value is -2.44. The van der Waals surface area contributed by atoms with Crippen LogP contribution in [0.25, 0.3) is 11.0 Å². The molecular formula is C22H24N2O3S. The molecule has 1 fully saturated rings. The summed E-state index contributed by atoms with van der Waals surface area (Å²) in [6, 6.07) is 11.1. The molecule has 0 radical (unpaired) electrons. The molecular weight excluding hydrogens is 372 g/mol. The van der Waals surface area contributed by atoms with Crippen LogP contribution in [0.3, 0.4) is 0 Å². The van der Waals surface area contributed by atoms with Gasteiger partial charge in [0.25, 0.3) is 5.91 Å². The van der Waals surface area contributed by atoms with Crippen molar-refractivity contribution in [2.24, 2.45) is 0 Å². The predicted molar refractivity (Wildman–Crippen MR) is 112 cm³/mol. The first-order chi connectivity index (χ1) is 13.7. The molecule has 1 N–H and O–H groups in total. The Morgan fingerprint density at radius 3 is 2.79 bits per heavy atom. The van der Waals surface area contributed by atoms with Crippen LogP contribution >= 0.6 is 11.3 Å². The summed E-state index contributed by atoms with van der Waals surface area (Å²) in [4.78, 5) is 28.8. The number of rotatable bonds is 6. The van der Waals surface area contributed by atoms with Gasteiger partial charge in [0.05, 0.1) is 11.4 Å². The lowest BCUT2D eigenvalue weighted by Crippen LogP contribution is -2.36. The molecule has 28 heavy (non-hydrogen) atoms. The van der Waals surface area contributed by atoms with E-state index in [9.17, 15) is 9.59 Å². The van der Waals surface area contributed by atoms with E-state index in [4.69, 9.17) is 4.42 Å². The van der Waals surface area contributed by atoms with E-state index in [1.165, 1.54) is 23.8 Å². The highest BCUT2D eigenvalue weighted by atomic mass is 32.1. The Labute approximate surface area is 168 Å². The highest BCUT2D eigenvalue weighted by Gasteiger charge is 2.25. The molecule has 1 saturated heterocycles. The molecule has 3 aromatic rings. The van der Waals surface area contributed by atoms with Crippen LogP contribution in [0.5, 0.6) is 0 Å². The first kappa shape index (κ1) is 18.9. The lowest BCUT2D eigenvalue weighted by Gasteiger charge is -2.26. The summed E-state index contributed by atoms with van der Waals surface area (Å²) in [5.74, 6) is -0.285. The van der Waals surface area contributed by atoms with Crippen molar-refractivity contribution in [1.29, 1.82) is 0 Å². The Balaban J connectivity index is 1.53. The van der Waals surface area contributed by atoms with Crippen LogP contribution < -0.4 is 10.7 Å². The molecule has 5 nitrogen and oxygen atoms in total. The van der Waals surface area contributed by atoms with Gasteiger partial charge in [0.1, 0.15) is 5.58 Å². The average Bonchev–Trinajstić information content (AvgIpc) is 3.42. The molecule has 1 aliphatic heterocycles. The second-order valence-corrected chi connectivity index (χ2v) is 8.12. The van der Waals surface area contributed by atoms with Crippen LogP contribution in [0.15, 0.2) is 51.0 Å². The fraction of sp³-hybridized carbons (Fsp3) is 0.364. The highest BCUT2D eigenvalue weighted by molar-refractivity contribution is 7.10. The van der Waals surface area contributed by atoms with Crippen molar-refractivity contribution < 1.29 is 9.21 Å². The maximum Gasteiger partial charge on any atom is 0.287 e. The van der Waals surface area contributed by atoms with E-state index in [2.05, 4.69) is 21.7 Å². The molecule has 2 aromatic heterocycles. The van der Waals surface area contributed by atoms with Crippen molar-refractivity contribution in [1.82, 2.24) is 10.2 Å². The van der Waals surface area contributed by atoms with Gasteiger partial charge in [-0.2, -0.15) is 0 Å². The third-order valence-electron chi connectivity index (χ3n) is 5.33. The number of fused-ring (bicyclic) bond motifs is 1. The van der Waals surface area contributed by atoms with Crippen molar-refractivity contribution in [3.8, 4) is 0 Å². The Bertz CT molecular complexity index is 1020. The molecule has 1 aliphatic rings. The minimum Gasteiger partial charge on any atom is -0.451 e. The van der Waals surface area contributed by atoms with Gasteiger partial charge in [-0.25, -0.2) is 0 Å². The SMILES string of the molecule is CCc1ccc2oc(C(=O)NC[C@H](c3cccs3)N3CCCC3)cc(=O)c2c1. The molecule has 0 saturated carbocycles.